The van der Waals surface area contributed by atoms with Crippen molar-refractivity contribution in [3.63, 3.8) is 0 Å². The topological polar surface area (TPSA) is 80.7 Å². The summed E-state index contributed by atoms with van der Waals surface area (Å²) in [4.78, 5) is 11.4. The fraction of sp³-hybridized carbons (Fsp3) is 0.923. The van der Waals surface area contributed by atoms with Crippen LogP contribution in [0.15, 0.2) is 0 Å². The Balaban J connectivity index is -0.00000162. The molecule has 0 aliphatic heterocycles. The zero-order valence-corrected chi connectivity index (χ0v) is 15.7. The second kappa shape index (κ2) is 13.1. The summed E-state index contributed by atoms with van der Waals surface area (Å²) in [5.41, 5.74) is -1.43. The number of ether oxygens (including phenoxy) is 1. The summed E-state index contributed by atoms with van der Waals surface area (Å²) >= 11 is 0. The number of carbonyl (C=O) groups excluding carboxylic acids is 1. The Kier molecular flexibility index (Phi) is 14.8. The van der Waals surface area contributed by atoms with Crippen molar-refractivity contribution in [3.05, 3.63) is 0 Å². The molecule has 116 valence electrons. The molecule has 0 spiro atoms. The Morgan fingerprint density at radius 2 is 1.60 bits per heavy atom. The molecule has 0 saturated heterocycles. The van der Waals surface area contributed by atoms with Gasteiger partial charge in [0.25, 0.3) is 0 Å². The first-order valence-corrected chi connectivity index (χ1v) is 8.57. The van der Waals surface area contributed by atoms with Crippen LogP contribution in [0.4, 0.5) is 0 Å². The maximum atomic E-state index is 11.4. The van der Waals surface area contributed by atoms with E-state index in [-0.39, 0.29) is 43.8 Å². The van der Waals surface area contributed by atoms with Crippen LogP contribution in [-0.2, 0) is 19.6 Å². The summed E-state index contributed by atoms with van der Waals surface area (Å²) in [6, 6.07) is 0. The Bertz CT molecular complexity index is 348. The van der Waals surface area contributed by atoms with Crippen molar-refractivity contribution in [1.82, 2.24) is 0 Å². The van der Waals surface area contributed by atoms with E-state index < -0.39 is 21.5 Å². The first-order valence-electron chi connectivity index (χ1n) is 7.07. The second-order valence-corrected chi connectivity index (χ2v) is 6.27. The predicted molar refractivity (Wildman–Crippen MR) is 75.4 cm³/mol. The van der Waals surface area contributed by atoms with Crippen molar-refractivity contribution < 1.29 is 53.5 Å². The normalized spacial score (nSPS) is 12.6. The number of rotatable bonds is 11. The van der Waals surface area contributed by atoms with E-state index in [4.69, 9.17) is 9.29 Å². The Morgan fingerprint density at radius 1 is 1.10 bits per heavy atom. The van der Waals surface area contributed by atoms with Gasteiger partial charge in [-0.2, -0.15) is 8.42 Å². The van der Waals surface area contributed by atoms with E-state index in [1.165, 1.54) is 25.7 Å². The predicted octanol–water partition coefficient (Wildman–Crippen LogP) is 0.411. The molecule has 0 aromatic rings. The summed E-state index contributed by atoms with van der Waals surface area (Å²) in [5.74, 6) is -0.557. The van der Waals surface area contributed by atoms with Gasteiger partial charge in [-0.1, -0.05) is 52.4 Å². The average Bonchev–Trinajstić information content (AvgIpc) is 2.33. The molecular formula is C13H27NaO5S. The molecule has 0 bridgehead atoms. The molecule has 1 N–H and O–H groups in total. The van der Waals surface area contributed by atoms with E-state index in [9.17, 15) is 13.2 Å². The zero-order valence-electron chi connectivity index (χ0n) is 13.9. The maximum Gasteiger partial charge on any atom is 1.00 e. The molecule has 0 heterocycles. The van der Waals surface area contributed by atoms with Crippen molar-refractivity contribution >= 4 is 16.1 Å². The van der Waals surface area contributed by atoms with Gasteiger partial charge in [-0.25, -0.2) is 0 Å². The van der Waals surface area contributed by atoms with Crippen molar-refractivity contribution in [2.75, 3.05) is 0 Å². The van der Waals surface area contributed by atoms with Gasteiger partial charge in [-0.3, -0.25) is 9.35 Å². The molecule has 7 heteroatoms. The van der Waals surface area contributed by atoms with Crippen molar-refractivity contribution in [1.29, 1.82) is 0 Å². The number of unbranched alkanes of at least 4 members (excludes halogenated alkanes) is 6. The van der Waals surface area contributed by atoms with Gasteiger partial charge in [0.05, 0.1) is 0 Å². The minimum atomic E-state index is -4.30. The largest absolute Gasteiger partial charge is 1.00 e. The van der Waals surface area contributed by atoms with Crippen LogP contribution >= 0.6 is 0 Å². The third-order valence-corrected chi connectivity index (χ3v) is 4.01. The molecule has 0 aliphatic carbocycles. The first kappa shape index (κ1) is 22.7. The summed E-state index contributed by atoms with van der Waals surface area (Å²) in [6.07, 6.45) is 7.85. The number of hydrogen-bond donors (Lipinski definition) is 1. The number of esters is 1. The second-order valence-electron chi connectivity index (χ2n) is 4.71. The van der Waals surface area contributed by atoms with Gasteiger partial charge in [0.2, 0.25) is 5.44 Å². The molecule has 0 aromatic heterocycles. The smallest absolute Gasteiger partial charge is 1.00 e. The van der Waals surface area contributed by atoms with Gasteiger partial charge in [-0.15, -0.1) is 0 Å². The summed E-state index contributed by atoms with van der Waals surface area (Å²) in [6.45, 7) is 3.70. The molecule has 0 rings (SSSR count). The molecule has 0 aliphatic rings. The summed E-state index contributed by atoms with van der Waals surface area (Å²) in [5, 5.41) is 0. The Morgan fingerprint density at radius 3 is 2.05 bits per heavy atom. The standard InChI is InChI=1S/C13H26O5S.Na.H/c1-3-5-6-7-8-9-10-11-12(14)18-13(4-2)19(15,16)17;;/h13H,3-11H2,1-2H3,(H,15,16,17);;/q;+1;-1. The first-order chi connectivity index (χ1) is 8.91. The van der Waals surface area contributed by atoms with E-state index in [1.807, 2.05) is 0 Å². The van der Waals surface area contributed by atoms with Gasteiger partial charge in [0.1, 0.15) is 0 Å². The minimum Gasteiger partial charge on any atom is -1.00 e. The molecule has 1 unspecified atom stereocenters. The molecule has 0 amide bonds. The van der Waals surface area contributed by atoms with Crippen molar-refractivity contribution in [2.24, 2.45) is 0 Å². The van der Waals surface area contributed by atoms with Crippen LogP contribution in [0.25, 0.3) is 0 Å². The number of hydrogen-bond acceptors (Lipinski definition) is 4. The molecule has 0 radical (unpaired) electrons. The molecular weight excluding hydrogens is 291 g/mol. The van der Waals surface area contributed by atoms with Gasteiger partial charge >= 0.3 is 45.6 Å². The van der Waals surface area contributed by atoms with Gasteiger partial charge < -0.3 is 6.16 Å². The molecule has 20 heavy (non-hydrogen) atoms. The van der Waals surface area contributed by atoms with Gasteiger partial charge in [0.15, 0.2) is 0 Å². The van der Waals surface area contributed by atoms with E-state index in [0.717, 1.165) is 12.8 Å². The monoisotopic (exact) mass is 318 g/mol. The third-order valence-electron chi connectivity index (χ3n) is 2.91. The number of carbonyl (C=O) groups is 1. The average molecular weight is 318 g/mol. The molecule has 1 atom stereocenters. The van der Waals surface area contributed by atoms with E-state index >= 15 is 0 Å². The third kappa shape index (κ3) is 12.1. The molecule has 0 fully saturated rings. The summed E-state index contributed by atoms with van der Waals surface area (Å²) in [7, 11) is -4.30. The zero-order chi connectivity index (χ0) is 14.7. The van der Waals surface area contributed by atoms with E-state index in [2.05, 4.69) is 6.92 Å². The van der Waals surface area contributed by atoms with Crippen molar-refractivity contribution in [3.8, 4) is 0 Å². The molecule has 0 saturated carbocycles. The van der Waals surface area contributed by atoms with Crippen LogP contribution in [0.5, 0.6) is 0 Å². The van der Waals surface area contributed by atoms with Crippen LogP contribution in [0.2, 0.25) is 0 Å². The Hall–Kier alpha value is 0.380. The van der Waals surface area contributed by atoms with Gasteiger partial charge in [-0.05, 0) is 12.8 Å². The van der Waals surface area contributed by atoms with Crippen LogP contribution in [-0.4, -0.2) is 24.4 Å². The van der Waals surface area contributed by atoms with Crippen LogP contribution in [0.1, 0.15) is 73.1 Å². The van der Waals surface area contributed by atoms with Crippen LogP contribution in [0, 0.1) is 0 Å². The van der Waals surface area contributed by atoms with Crippen LogP contribution in [0.3, 0.4) is 0 Å². The van der Waals surface area contributed by atoms with E-state index in [0.29, 0.717) is 6.42 Å². The molecule has 0 aromatic carbocycles. The Labute approximate surface area is 146 Å². The SMILES string of the molecule is CCCCCCCCCC(=O)OC(CC)S(=O)(=O)O.[H-].[Na+]. The fourth-order valence-electron chi connectivity index (χ4n) is 1.79. The van der Waals surface area contributed by atoms with E-state index in [1.54, 1.807) is 6.92 Å². The fourth-order valence-corrected chi connectivity index (χ4v) is 2.44. The minimum absolute atomic E-state index is 0. The van der Waals surface area contributed by atoms with Crippen LogP contribution < -0.4 is 29.6 Å². The van der Waals surface area contributed by atoms with Gasteiger partial charge in [0, 0.05) is 6.42 Å². The van der Waals surface area contributed by atoms with Crippen molar-refractivity contribution in [2.45, 2.75) is 77.1 Å². The molecule has 5 nitrogen and oxygen atoms in total. The summed E-state index contributed by atoms with van der Waals surface area (Å²) < 4.78 is 35.3. The maximum absolute atomic E-state index is 11.4. The quantitative estimate of drug-likeness (QED) is 0.258.